The highest BCUT2D eigenvalue weighted by Crippen LogP contribution is 2.24. The number of nitrogens with zero attached hydrogens (tertiary/aromatic N) is 2. The summed E-state index contributed by atoms with van der Waals surface area (Å²) >= 11 is 30.9. The summed E-state index contributed by atoms with van der Waals surface area (Å²) in [4.78, 5) is 35.3. The molecule has 4 rings (SSSR count). The highest BCUT2D eigenvalue weighted by molar-refractivity contribution is 8.00. The predicted octanol–water partition coefficient (Wildman–Crippen LogP) is 11.2. The quantitative estimate of drug-likeness (QED) is 0.0880. The van der Waals surface area contributed by atoms with Gasteiger partial charge in [0.25, 0.3) is 0 Å². The lowest BCUT2D eigenvalue weighted by molar-refractivity contribution is -0.136. The van der Waals surface area contributed by atoms with Crippen LogP contribution in [0.2, 0.25) is 20.1 Å². The summed E-state index contributed by atoms with van der Waals surface area (Å²) in [5.41, 5.74) is 0. The lowest BCUT2D eigenvalue weighted by atomic mass is 10.2. The smallest absolute Gasteiger partial charge is 0.223 e. The molecule has 0 radical (unpaired) electrons. The van der Waals surface area contributed by atoms with E-state index in [-0.39, 0.29) is 24.7 Å². The fourth-order valence-electron chi connectivity index (χ4n) is 4.47. The molecular formula is C36H36Cl4N2O2S4. The van der Waals surface area contributed by atoms with Gasteiger partial charge in [0.15, 0.2) is 0 Å². The molecule has 0 bridgehead atoms. The maximum absolute atomic E-state index is 13.6. The predicted molar refractivity (Wildman–Crippen MR) is 211 cm³/mol. The molecule has 0 heterocycles. The molecule has 0 aliphatic rings. The topological polar surface area (TPSA) is 40.6 Å². The maximum atomic E-state index is 13.6. The molecule has 0 N–H and O–H groups in total. The number of carbonyl (C=O) groups excluding carboxylic acids is 2. The second kappa shape index (κ2) is 21.6. The Kier molecular flexibility index (Phi) is 17.6. The van der Waals surface area contributed by atoms with E-state index in [9.17, 15) is 9.59 Å². The third-order valence-corrected chi connectivity index (χ3v) is 12.0. The van der Waals surface area contributed by atoms with Gasteiger partial charge in [0.2, 0.25) is 11.8 Å². The molecule has 0 aromatic heterocycles. The van der Waals surface area contributed by atoms with E-state index in [0.29, 0.717) is 46.3 Å². The summed E-state index contributed by atoms with van der Waals surface area (Å²) in [5.74, 6) is 2.93. The van der Waals surface area contributed by atoms with Crippen LogP contribution in [0, 0.1) is 0 Å². The van der Waals surface area contributed by atoms with Crippen molar-refractivity contribution < 1.29 is 9.59 Å². The van der Waals surface area contributed by atoms with Crippen LogP contribution in [-0.2, 0) is 9.59 Å². The van der Waals surface area contributed by atoms with E-state index >= 15 is 0 Å². The van der Waals surface area contributed by atoms with Crippen molar-refractivity contribution >= 4 is 105 Å². The van der Waals surface area contributed by atoms with Gasteiger partial charge in [0.1, 0.15) is 0 Å². The van der Waals surface area contributed by atoms with Crippen molar-refractivity contribution in [3.05, 3.63) is 117 Å². The minimum absolute atomic E-state index is 0.0113. The molecule has 0 aliphatic heterocycles. The number of halogens is 4. The summed E-state index contributed by atoms with van der Waals surface area (Å²) < 4.78 is 0. The standard InChI is InChI=1S/C36H36Cl4N2O2S4/c37-27-1-9-31(10-2-27)45-23-19-41(20-24-46-32-11-3-28(38)4-12-32)35(43)17-18-36(44)42(21-25-47-33-13-5-29(39)6-14-33)22-26-48-34-15-7-30(40)8-16-34/h1-16H,17-26H2. The molecule has 4 aromatic rings. The van der Waals surface area contributed by atoms with E-state index < -0.39 is 0 Å². The summed E-state index contributed by atoms with van der Waals surface area (Å²) in [6.07, 6.45) is 0.336. The Bertz CT molecular complexity index is 1340. The third kappa shape index (κ3) is 14.7. The van der Waals surface area contributed by atoms with E-state index in [1.165, 1.54) is 0 Å². The number of amides is 2. The molecule has 0 fully saturated rings. The molecule has 0 spiro atoms. The van der Waals surface area contributed by atoms with Gasteiger partial charge >= 0.3 is 0 Å². The fraction of sp³-hybridized carbons (Fsp3) is 0.278. The van der Waals surface area contributed by atoms with Crippen LogP contribution in [0.3, 0.4) is 0 Å². The number of hydrogen-bond acceptors (Lipinski definition) is 6. The van der Waals surface area contributed by atoms with Gasteiger partial charge in [-0.25, -0.2) is 0 Å². The Morgan fingerprint density at radius 3 is 0.812 bits per heavy atom. The Balaban J connectivity index is 1.33. The molecule has 0 atom stereocenters. The zero-order valence-corrected chi connectivity index (χ0v) is 32.5. The van der Waals surface area contributed by atoms with E-state index in [0.717, 1.165) is 42.6 Å². The van der Waals surface area contributed by atoms with Crippen LogP contribution in [0.4, 0.5) is 0 Å². The van der Waals surface area contributed by atoms with Crippen molar-refractivity contribution in [2.24, 2.45) is 0 Å². The largest absolute Gasteiger partial charge is 0.341 e. The summed E-state index contributed by atoms with van der Waals surface area (Å²) in [7, 11) is 0. The number of rotatable bonds is 19. The van der Waals surface area contributed by atoms with Crippen LogP contribution < -0.4 is 0 Å². The van der Waals surface area contributed by atoms with E-state index in [1.807, 2.05) is 107 Å². The molecule has 12 heteroatoms. The van der Waals surface area contributed by atoms with Crippen LogP contribution in [0.15, 0.2) is 117 Å². The highest BCUT2D eigenvalue weighted by Gasteiger charge is 2.19. The Morgan fingerprint density at radius 2 is 0.604 bits per heavy atom. The van der Waals surface area contributed by atoms with Crippen LogP contribution >= 0.6 is 93.5 Å². The molecule has 254 valence electrons. The molecular weight excluding hydrogens is 762 g/mol. The van der Waals surface area contributed by atoms with Gasteiger partial charge in [-0.1, -0.05) is 46.4 Å². The molecule has 0 saturated carbocycles. The lowest BCUT2D eigenvalue weighted by Crippen LogP contribution is -2.38. The lowest BCUT2D eigenvalue weighted by Gasteiger charge is -2.25. The number of thioether (sulfide) groups is 4. The monoisotopic (exact) mass is 796 g/mol. The molecule has 4 nitrogen and oxygen atoms in total. The molecule has 4 aromatic carbocycles. The van der Waals surface area contributed by atoms with Gasteiger partial charge in [-0.05, 0) is 97.1 Å². The maximum Gasteiger partial charge on any atom is 0.223 e. The highest BCUT2D eigenvalue weighted by atomic mass is 35.5. The SMILES string of the molecule is O=C(CCC(=O)N(CCSc1ccc(Cl)cc1)CCSc1ccc(Cl)cc1)N(CCSc1ccc(Cl)cc1)CCSc1ccc(Cl)cc1. The van der Waals surface area contributed by atoms with Gasteiger partial charge in [-0.15, -0.1) is 47.0 Å². The first-order valence-corrected chi connectivity index (χ1v) is 20.8. The minimum Gasteiger partial charge on any atom is -0.341 e. The molecule has 48 heavy (non-hydrogen) atoms. The van der Waals surface area contributed by atoms with Crippen molar-refractivity contribution in [2.75, 3.05) is 49.2 Å². The van der Waals surface area contributed by atoms with Crippen LogP contribution in [0.1, 0.15) is 12.8 Å². The number of carbonyl (C=O) groups is 2. The van der Waals surface area contributed by atoms with Gasteiger partial charge in [0, 0.05) is 102 Å². The van der Waals surface area contributed by atoms with Crippen LogP contribution in [0.25, 0.3) is 0 Å². The van der Waals surface area contributed by atoms with Gasteiger partial charge in [-0.2, -0.15) is 0 Å². The second-order valence-electron chi connectivity index (χ2n) is 10.5. The summed E-state index contributed by atoms with van der Waals surface area (Å²) in [6, 6.07) is 30.8. The van der Waals surface area contributed by atoms with Crippen molar-refractivity contribution in [2.45, 2.75) is 32.4 Å². The number of benzene rings is 4. The van der Waals surface area contributed by atoms with Crippen molar-refractivity contribution in [3.8, 4) is 0 Å². The van der Waals surface area contributed by atoms with Gasteiger partial charge in [-0.3, -0.25) is 9.59 Å². The zero-order chi connectivity index (χ0) is 34.1. The Morgan fingerprint density at radius 1 is 0.396 bits per heavy atom. The van der Waals surface area contributed by atoms with Crippen LogP contribution in [0.5, 0.6) is 0 Å². The van der Waals surface area contributed by atoms with E-state index in [2.05, 4.69) is 0 Å². The van der Waals surface area contributed by atoms with E-state index in [4.69, 9.17) is 46.4 Å². The Hall–Kier alpha value is -1.62. The minimum atomic E-state index is -0.0113. The van der Waals surface area contributed by atoms with E-state index in [1.54, 1.807) is 47.0 Å². The molecule has 0 saturated heterocycles. The first kappa shape index (κ1) is 39.2. The number of hydrogen-bond donors (Lipinski definition) is 0. The summed E-state index contributed by atoms with van der Waals surface area (Å²) in [5, 5.41) is 2.78. The van der Waals surface area contributed by atoms with Crippen molar-refractivity contribution in [1.82, 2.24) is 9.80 Å². The first-order valence-electron chi connectivity index (χ1n) is 15.3. The third-order valence-electron chi connectivity index (χ3n) is 7.03. The first-order chi connectivity index (χ1) is 23.2. The average Bonchev–Trinajstić information content (AvgIpc) is 3.09. The van der Waals surface area contributed by atoms with Gasteiger partial charge in [0.05, 0.1) is 0 Å². The Labute approximate surface area is 321 Å². The normalized spacial score (nSPS) is 11.0. The zero-order valence-electron chi connectivity index (χ0n) is 26.2. The van der Waals surface area contributed by atoms with Crippen molar-refractivity contribution in [3.63, 3.8) is 0 Å². The fourth-order valence-corrected chi connectivity index (χ4v) is 8.48. The molecule has 2 amide bonds. The second-order valence-corrected chi connectivity index (χ2v) is 16.9. The van der Waals surface area contributed by atoms with Crippen molar-refractivity contribution in [1.29, 1.82) is 0 Å². The van der Waals surface area contributed by atoms with Gasteiger partial charge < -0.3 is 9.80 Å². The average molecular weight is 799 g/mol. The van der Waals surface area contributed by atoms with Crippen LogP contribution in [-0.4, -0.2) is 70.8 Å². The summed E-state index contributed by atoms with van der Waals surface area (Å²) in [6.45, 7) is 2.34. The molecule has 0 unspecified atom stereocenters. The molecule has 0 aliphatic carbocycles.